The topological polar surface area (TPSA) is 99.1 Å². The molecule has 2 saturated carbocycles. The first-order valence-corrected chi connectivity index (χ1v) is 16.7. The number of aliphatic hydroxyl groups is 1. The third-order valence-electron chi connectivity index (χ3n) is 9.66. The molecule has 2 fully saturated rings. The summed E-state index contributed by atoms with van der Waals surface area (Å²) in [5, 5.41) is 9.13. The van der Waals surface area contributed by atoms with Gasteiger partial charge in [-0.05, 0) is 87.4 Å². The number of esters is 3. The van der Waals surface area contributed by atoms with Gasteiger partial charge in [0.2, 0.25) is 0 Å². The van der Waals surface area contributed by atoms with Crippen LogP contribution in [0.5, 0.6) is 0 Å². The van der Waals surface area contributed by atoms with E-state index >= 15 is 0 Å². The Kier molecular flexibility index (Phi) is 17.6. The fourth-order valence-corrected chi connectivity index (χ4v) is 7.03. The van der Waals surface area contributed by atoms with Gasteiger partial charge in [-0.25, -0.2) is 14.4 Å². The van der Waals surface area contributed by atoms with Crippen molar-refractivity contribution in [3.8, 4) is 0 Å². The zero-order valence-electron chi connectivity index (χ0n) is 27.0. The number of unbranched alkanes of at least 4 members (excludes halogenated alkanes) is 2. The van der Waals surface area contributed by atoms with Crippen molar-refractivity contribution in [3.05, 3.63) is 37.0 Å². The lowest BCUT2D eigenvalue weighted by Gasteiger charge is -2.38. The normalized spacial score (nSPS) is 23.4. The summed E-state index contributed by atoms with van der Waals surface area (Å²) in [5.41, 5.74) is 0.317. The van der Waals surface area contributed by atoms with E-state index < -0.39 is 24.5 Å². The maximum Gasteiger partial charge on any atom is 0.335 e. The van der Waals surface area contributed by atoms with E-state index in [9.17, 15) is 14.4 Å². The Balaban J connectivity index is 1.94. The van der Waals surface area contributed by atoms with Crippen molar-refractivity contribution in [3.63, 3.8) is 0 Å². The molecule has 2 atom stereocenters. The van der Waals surface area contributed by atoms with E-state index in [1.165, 1.54) is 83.1 Å². The quantitative estimate of drug-likeness (QED) is 0.0666. The molecule has 0 amide bonds. The number of hydrogen-bond acceptors (Lipinski definition) is 7. The van der Waals surface area contributed by atoms with Gasteiger partial charge in [-0.3, -0.25) is 0 Å². The molecule has 1 N–H and O–H groups in total. The molecule has 0 bridgehead atoms. The van der Waals surface area contributed by atoms with Crippen molar-refractivity contribution in [2.24, 2.45) is 35.5 Å². The van der Waals surface area contributed by atoms with Crippen LogP contribution in [0.4, 0.5) is 0 Å². The van der Waals surface area contributed by atoms with Gasteiger partial charge in [0.25, 0.3) is 0 Å². The van der Waals surface area contributed by atoms with Crippen molar-refractivity contribution in [1.29, 1.82) is 0 Å². The predicted octanol–water partition coefficient (Wildman–Crippen LogP) is 7.52. The van der Waals surface area contributed by atoms with Crippen LogP contribution in [-0.4, -0.2) is 49.4 Å². The standard InChI is InChI=1S/C36H58O7/c1-6-8-9-10-28-11-15-32(16-12-28)33-17-13-29(14-18-33)21-31(25-42-34(38)7-2)22-30(24-43-35(39)26(3)4)19-20-41-36(40)27(5)23-37/h7,28-33,37H,2-3,5-6,8-25H2,1,4H3. The minimum atomic E-state index is -0.640. The molecule has 0 heterocycles. The van der Waals surface area contributed by atoms with E-state index in [4.69, 9.17) is 19.3 Å². The van der Waals surface area contributed by atoms with Gasteiger partial charge in [0.15, 0.2) is 0 Å². The Morgan fingerprint density at radius 2 is 1.44 bits per heavy atom. The smallest absolute Gasteiger partial charge is 0.335 e. The summed E-state index contributed by atoms with van der Waals surface area (Å²) in [7, 11) is 0. The molecule has 0 spiro atoms. The van der Waals surface area contributed by atoms with Gasteiger partial charge >= 0.3 is 17.9 Å². The number of ether oxygens (including phenoxy) is 3. The van der Waals surface area contributed by atoms with Crippen molar-refractivity contribution in [2.45, 2.75) is 110 Å². The molecule has 2 aliphatic carbocycles. The first kappa shape index (κ1) is 36.8. The van der Waals surface area contributed by atoms with E-state index in [1.54, 1.807) is 6.92 Å². The molecule has 7 heteroatoms. The highest BCUT2D eigenvalue weighted by Gasteiger charge is 2.32. The summed E-state index contributed by atoms with van der Waals surface area (Å²) in [4.78, 5) is 36.0. The summed E-state index contributed by atoms with van der Waals surface area (Å²) in [6.07, 6.45) is 19.3. The maximum absolute atomic E-state index is 12.1. The SMILES string of the molecule is C=CC(=O)OCC(CC1CCC(C2CCC(CCCCC)CC2)CC1)CC(CCOC(=O)C(=C)CO)COC(=O)C(=C)C. The van der Waals surface area contributed by atoms with Crippen LogP contribution >= 0.6 is 0 Å². The van der Waals surface area contributed by atoms with Crippen LogP contribution in [0.15, 0.2) is 37.0 Å². The van der Waals surface area contributed by atoms with Gasteiger partial charge in [0.05, 0.1) is 32.0 Å². The van der Waals surface area contributed by atoms with Crippen LogP contribution in [0.25, 0.3) is 0 Å². The van der Waals surface area contributed by atoms with E-state index in [-0.39, 0.29) is 37.2 Å². The second-order valence-corrected chi connectivity index (χ2v) is 13.2. The molecule has 43 heavy (non-hydrogen) atoms. The third-order valence-corrected chi connectivity index (χ3v) is 9.66. The van der Waals surface area contributed by atoms with Gasteiger partial charge in [-0.2, -0.15) is 0 Å². The van der Waals surface area contributed by atoms with Crippen LogP contribution in [0.3, 0.4) is 0 Å². The average Bonchev–Trinajstić information content (AvgIpc) is 3.02. The summed E-state index contributed by atoms with van der Waals surface area (Å²) in [6.45, 7) is 14.6. The second kappa shape index (κ2) is 20.5. The Labute approximate surface area is 260 Å². The molecule has 0 aromatic rings. The van der Waals surface area contributed by atoms with Crippen LogP contribution in [0, 0.1) is 35.5 Å². The van der Waals surface area contributed by atoms with E-state index in [2.05, 4.69) is 26.7 Å². The molecule has 244 valence electrons. The molecule has 0 aromatic carbocycles. The Hall–Kier alpha value is -2.41. The molecule has 0 aromatic heterocycles. The number of rotatable bonds is 20. The zero-order chi connectivity index (χ0) is 31.6. The lowest BCUT2D eigenvalue weighted by molar-refractivity contribution is -0.143. The maximum atomic E-state index is 12.1. The lowest BCUT2D eigenvalue weighted by atomic mass is 9.67. The molecule has 0 aliphatic heterocycles. The lowest BCUT2D eigenvalue weighted by Crippen LogP contribution is -2.28. The fraction of sp³-hybridized carbons (Fsp3) is 0.750. The molecule has 0 radical (unpaired) electrons. The van der Waals surface area contributed by atoms with Crippen LogP contribution in [0.1, 0.15) is 110 Å². The Morgan fingerprint density at radius 3 is 2.00 bits per heavy atom. The first-order chi connectivity index (χ1) is 20.7. The van der Waals surface area contributed by atoms with E-state index in [0.717, 1.165) is 24.2 Å². The minimum Gasteiger partial charge on any atom is -0.462 e. The largest absolute Gasteiger partial charge is 0.462 e. The molecule has 0 saturated heterocycles. The number of carbonyl (C=O) groups excluding carboxylic acids is 3. The van der Waals surface area contributed by atoms with Crippen molar-refractivity contribution in [1.82, 2.24) is 0 Å². The molecular formula is C36H58O7. The fourth-order valence-electron chi connectivity index (χ4n) is 7.03. The van der Waals surface area contributed by atoms with Gasteiger partial charge < -0.3 is 19.3 Å². The van der Waals surface area contributed by atoms with Gasteiger partial charge in [0.1, 0.15) is 0 Å². The van der Waals surface area contributed by atoms with Gasteiger partial charge in [0, 0.05) is 11.6 Å². The van der Waals surface area contributed by atoms with E-state index in [0.29, 0.717) is 24.3 Å². The van der Waals surface area contributed by atoms with Gasteiger partial charge in [-0.15, -0.1) is 0 Å². The molecule has 2 aliphatic rings. The van der Waals surface area contributed by atoms with Crippen molar-refractivity contribution >= 4 is 17.9 Å². The summed E-state index contributed by atoms with van der Waals surface area (Å²) < 4.78 is 16.3. The second-order valence-electron chi connectivity index (χ2n) is 13.2. The van der Waals surface area contributed by atoms with Crippen molar-refractivity contribution in [2.75, 3.05) is 26.4 Å². The van der Waals surface area contributed by atoms with Gasteiger partial charge in [-0.1, -0.05) is 78.0 Å². The monoisotopic (exact) mass is 602 g/mol. The summed E-state index contributed by atoms with van der Waals surface area (Å²) in [6, 6.07) is 0. The minimum absolute atomic E-state index is 0.00454. The molecule has 2 unspecified atom stereocenters. The van der Waals surface area contributed by atoms with Crippen LogP contribution in [0.2, 0.25) is 0 Å². The van der Waals surface area contributed by atoms with Crippen LogP contribution < -0.4 is 0 Å². The summed E-state index contributed by atoms with van der Waals surface area (Å²) >= 11 is 0. The third kappa shape index (κ3) is 14.3. The van der Waals surface area contributed by atoms with Crippen LogP contribution in [-0.2, 0) is 28.6 Å². The highest BCUT2D eigenvalue weighted by atomic mass is 16.5. The highest BCUT2D eigenvalue weighted by molar-refractivity contribution is 5.88. The first-order valence-electron chi connectivity index (χ1n) is 16.7. The predicted molar refractivity (Wildman–Crippen MR) is 170 cm³/mol. The number of carbonyl (C=O) groups is 3. The Morgan fingerprint density at radius 1 is 0.837 bits per heavy atom. The molecule has 7 nitrogen and oxygen atoms in total. The number of hydrogen-bond donors (Lipinski definition) is 1. The Bertz CT molecular complexity index is 893. The molecule has 2 rings (SSSR count). The average molecular weight is 603 g/mol. The number of aliphatic hydroxyl groups excluding tert-OH is 1. The molecular weight excluding hydrogens is 544 g/mol. The highest BCUT2D eigenvalue weighted by Crippen LogP contribution is 2.43. The van der Waals surface area contributed by atoms with Crippen molar-refractivity contribution < 1.29 is 33.7 Å². The summed E-state index contributed by atoms with van der Waals surface area (Å²) in [5.74, 6) is 1.66. The van der Waals surface area contributed by atoms with E-state index in [1.807, 2.05) is 0 Å². The zero-order valence-corrected chi connectivity index (χ0v) is 27.0.